The lowest BCUT2D eigenvalue weighted by Crippen LogP contribution is -2.24. The third-order valence-electron chi connectivity index (χ3n) is 3.61. The summed E-state index contributed by atoms with van der Waals surface area (Å²) in [5.74, 6) is 1.05. The van der Waals surface area contributed by atoms with Crippen LogP contribution < -0.4 is 5.32 Å². The highest BCUT2D eigenvalue weighted by atomic mass is 14.9. The van der Waals surface area contributed by atoms with Crippen LogP contribution in [0.4, 0.5) is 0 Å². The SMILES string of the molecule is CCCCCC(NCCc1ncc[nH]1)c1ccccc1. The Kier molecular flexibility index (Phi) is 6.32. The Bertz CT molecular complexity index is 450. The molecule has 1 heterocycles. The van der Waals surface area contributed by atoms with Gasteiger partial charge in [0.15, 0.2) is 0 Å². The second-order valence-corrected chi connectivity index (χ2v) is 5.20. The lowest BCUT2D eigenvalue weighted by atomic mass is 10.0. The molecule has 0 aliphatic rings. The van der Waals surface area contributed by atoms with E-state index in [1.165, 1.54) is 31.2 Å². The zero-order valence-corrected chi connectivity index (χ0v) is 12.3. The molecular weight excluding hydrogens is 246 g/mol. The van der Waals surface area contributed by atoms with Gasteiger partial charge in [0, 0.05) is 31.4 Å². The van der Waals surface area contributed by atoms with Crippen LogP contribution in [0.25, 0.3) is 0 Å². The van der Waals surface area contributed by atoms with Gasteiger partial charge >= 0.3 is 0 Å². The van der Waals surface area contributed by atoms with Gasteiger partial charge < -0.3 is 10.3 Å². The second-order valence-electron chi connectivity index (χ2n) is 5.20. The summed E-state index contributed by atoms with van der Waals surface area (Å²) in [6.07, 6.45) is 9.71. The van der Waals surface area contributed by atoms with Crippen molar-refractivity contribution in [3.63, 3.8) is 0 Å². The van der Waals surface area contributed by atoms with Crippen molar-refractivity contribution in [2.75, 3.05) is 6.54 Å². The average molecular weight is 271 g/mol. The van der Waals surface area contributed by atoms with Gasteiger partial charge in [0.05, 0.1) is 0 Å². The predicted molar refractivity (Wildman–Crippen MR) is 83.6 cm³/mol. The number of imidazole rings is 1. The number of aromatic nitrogens is 2. The Morgan fingerprint density at radius 1 is 1.20 bits per heavy atom. The number of hydrogen-bond acceptors (Lipinski definition) is 2. The van der Waals surface area contributed by atoms with E-state index in [9.17, 15) is 0 Å². The zero-order chi connectivity index (χ0) is 14.0. The highest BCUT2D eigenvalue weighted by Gasteiger charge is 2.10. The third-order valence-corrected chi connectivity index (χ3v) is 3.61. The van der Waals surface area contributed by atoms with E-state index >= 15 is 0 Å². The van der Waals surface area contributed by atoms with Crippen molar-refractivity contribution in [2.24, 2.45) is 0 Å². The lowest BCUT2D eigenvalue weighted by Gasteiger charge is -2.19. The molecule has 0 saturated heterocycles. The lowest BCUT2D eigenvalue weighted by molar-refractivity contribution is 0.475. The van der Waals surface area contributed by atoms with E-state index in [0.717, 1.165) is 18.8 Å². The maximum Gasteiger partial charge on any atom is 0.107 e. The molecule has 1 aromatic carbocycles. The van der Waals surface area contributed by atoms with Crippen LogP contribution in [0.2, 0.25) is 0 Å². The maximum absolute atomic E-state index is 4.27. The molecule has 0 radical (unpaired) electrons. The van der Waals surface area contributed by atoms with E-state index in [-0.39, 0.29) is 0 Å². The zero-order valence-electron chi connectivity index (χ0n) is 12.3. The van der Waals surface area contributed by atoms with Crippen LogP contribution in [0.5, 0.6) is 0 Å². The molecule has 2 N–H and O–H groups in total. The fraction of sp³-hybridized carbons (Fsp3) is 0.471. The van der Waals surface area contributed by atoms with Gasteiger partial charge in [-0.3, -0.25) is 0 Å². The topological polar surface area (TPSA) is 40.7 Å². The van der Waals surface area contributed by atoms with Crippen molar-refractivity contribution in [1.82, 2.24) is 15.3 Å². The van der Waals surface area contributed by atoms with Gasteiger partial charge in [-0.2, -0.15) is 0 Å². The van der Waals surface area contributed by atoms with E-state index in [4.69, 9.17) is 0 Å². The van der Waals surface area contributed by atoms with Gasteiger partial charge in [-0.15, -0.1) is 0 Å². The maximum atomic E-state index is 4.27. The Balaban J connectivity index is 1.85. The number of nitrogens with one attached hydrogen (secondary N) is 2. The summed E-state index contributed by atoms with van der Waals surface area (Å²) < 4.78 is 0. The molecule has 0 saturated carbocycles. The molecule has 20 heavy (non-hydrogen) atoms. The normalized spacial score (nSPS) is 12.4. The molecule has 1 aromatic heterocycles. The molecule has 3 nitrogen and oxygen atoms in total. The Morgan fingerprint density at radius 2 is 2.05 bits per heavy atom. The van der Waals surface area contributed by atoms with Crippen molar-refractivity contribution < 1.29 is 0 Å². The number of hydrogen-bond donors (Lipinski definition) is 2. The molecule has 0 aliphatic heterocycles. The summed E-state index contributed by atoms with van der Waals surface area (Å²) in [6, 6.07) is 11.2. The fourth-order valence-electron chi connectivity index (χ4n) is 2.47. The third kappa shape index (κ3) is 4.82. The number of nitrogens with zero attached hydrogens (tertiary/aromatic N) is 1. The highest BCUT2D eigenvalue weighted by molar-refractivity contribution is 5.18. The molecule has 1 atom stereocenters. The van der Waals surface area contributed by atoms with Crippen molar-refractivity contribution in [3.05, 3.63) is 54.1 Å². The van der Waals surface area contributed by atoms with Crippen LogP contribution in [0.1, 0.15) is 50.0 Å². The molecule has 1 unspecified atom stereocenters. The Morgan fingerprint density at radius 3 is 2.75 bits per heavy atom. The molecular formula is C17H25N3. The van der Waals surface area contributed by atoms with Crippen molar-refractivity contribution in [3.8, 4) is 0 Å². The summed E-state index contributed by atoms with van der Waals surface area (Å²) in [6.45, 7) is 3.21. The molecule has 0 bridgehead atoms. The van der Waals surface area contributed by atoms with Crippen molar-refractivity contribution in [1.29, 1.82) is 0 Å². The van der Waals surface area contributed by atoms with Gasteiger partial charge in [-0.25, -0.2) is 4.98 Å². The van der Waals surface area contributed by atoms with Gasteiger partial charge in [-0.05, 0) is 12.0 Å². The molecule has 0 fully saturated rings. The minimum atomic E-state index is 0.456. The average Bonchev–Trinajstić information content (AvgIpc) is 3.00. The number of aromatic amines is 1. The number of unbranched alkanes of at least 4 members (excludes halogenated alkanes) is 2. The number of rotatable bonds is 9. The monoisotopic (exact) mass is 271 g/mol. The van der Waals surface area contributed by atoms with Crippen LogP contribution in [-0.2, 0) is 6.42 Å². The van der Waals surface area contributed by atoms with Gasteiger partial charge in [-0.1, -0.05) is 56.5 Å². The summed E-state index contributed by atoms with van der Waals surface area (Å²) in [5.41, 5.74) is 1.39. The van der Waals surface area contributed by atoms with E-state index in [1.807, 2.05) is 12.4 Å². The van der Waals surface area contributed by atoms with Crippen molar-refractivity contribution in [2.45, 2.75) is 45.1 Å². The smallest absolute Gasteiger partial charge is 0.107 e. The summed E-state index contributed by atoms with van der Waals surface area (Å²) in [5, 5.41) is 3.67. The molecule has 2 rings (SSSR count). The van der Waals surface area contributed by atoms with Crippen LogP contribution in [0.3, 0.4) is 0 Å². The predicted octanol–water partition coefficient (Wildman–Crippen LogP) is 3.86. The van der Waals surface area contributed by atoms with Gasteiger partial charge in [0.1, 0.15) is 5.82 Å². The molecule has 0 spiro atoms. The van der Waals surface area contributed by atoms with E-state index in [1.54, 1.807) is 0 Å². The Hall–Kier alpha value is -1.61. The van der Waals surface area contributed by atoms with Gasteiger partial charge in [0.2, 0.25) is 0 Å². The van der Waals surface area contributed by atoms with Crippen LogP contribution in [0.15, 0.2) is 42.7 Å². The largest absolute Gasteiger partial charge is 0.349 e. The molecule has 0 aliphatic carbocycles. The molecule has 3 heteroatoms. The number of H-pyrrole nitrogens is 1. The molecule has 108 valence electrons. The summed E-state index contributed by atoms with van der Waals surface area (Å²) >= 11 is 0. The first-order chi connectivity index (χ1) is 9.90. The standard InChI is InChI=1S/C17H25N3/c1-2-3-5-10-16(15-8-6-4-7-9-15)18-12-11-17-19-13-14-20-17/h4,6-9,13-14,16,18H,2-3,5,10-12H2,1H3,(H,19,20). The fourth-order valence-corrected chi connectivity index (χ4v) is 2.47. The first-order valence-corrected chi connectivity index (χ1v) is 7.66. The summed E-state index contributed by atoms with van der Waals surface area (Å²) in [7, 11) is 0. The first kappa shape index (κ1) is 14.8. The van der Waals surface area contributed by atoms with E-state index < -0.39 is 0 Å². The Labute approximate surface area is 121 Å². The van der Waals surface area contributed by atoms with Crippen LogP contribution >= 0.6 is 0 Å². The van der Waals surface area contributed by atoms with Crippen LogP contribution in [-0.4, -0.2) is 16.5 Å². The minimum Gasteiger partial charge on any atom is -0.349 e. The van der Waals surface area contributed by atoms with Crippen LogP contribution in [0, 0.1) is 0 Å². The molecule has 0 amide bonds. The minimum absolute atomic E-state index is 0.456. The quantitative estimate of drug-likeness (QED) is 0.680. The second kappa shape index (κ2) is 8.54. The first-order valence-electron chi connectivity index (χ1n) is 7.66. The molecule has 2 aromatic rings. The highest BCUT2D eigenvalue weighted by Crippen LogP contribution is 2.19. The summed E-state index contributed by atoms with van der Waals surface area (Å²) in [4.78, 5) is 7.42. The van der Waals surface area contributed by atoms with Crippen molar-refractivity contribution >= 4 is 0 Å². The van der Waals surface area contributed by atoms with Gasteiger partial charge in [0.25, 0.3) is 0 Å². The van der Waals surface area contributed by atoms with E-state index in [2.05, 4.69) is 52.5 Å². The van der Waals surface area contributed by atoms with E-state index in [0.29, 0.717) is 6.04 Å². The number of benzene rings is 1.